The normalized spacial score (nSPS) is 13.3. The number of hydrogen-bond donors (Lipinski definition) is 0. The Morgan fingerprint density at radius 1 is 1.27 bits per heavy atom. The summed E-state index contributed by atoms with van der Waals surface area (Å²) in [5, 5.41) is 8.98. The van der Waals surface area contributed by atoms with E-state index in [1.165, 1.54) is 7.11 Å². The van der Waals surface area contributed by atoms with Gasteiger partial charge in [0.25, 0.3) is 0 Å². The molecule has 0 spiro atoms. The van der Waals surface area contributed by atoms with Crippen LogP contribution in [0.2, 0.25) is 0 Å². The van der Waals surface area contributed by atoms with Gasteiger partial charge in [0.1, 0.15) is 17.2 Å². The molecule has 4 nitrogen and oxygen atoms in total. The largest absolute Gasteiger partial charge is 0.468 e. The molecule has 0 heterocycles. The van der Waals surface area contributed by atoms with Crippen molar-refractivity contribution < 1.29 is 9.53 Å². The van der Waals surface area contributed by atoms with Gasteiger partial charge < -0.3 is 4.74 Å². The Hall–Kier alpha value is -1.37. The summed E-state index contributed by atoms with van der Waals surface area (Å²) in [4.78, 5) is 15.7. The average molecular weight is 210 g/mol. The van der Waals surface area contributed by atoms with Crippen molar-refractivity contribution >= 4 is 11.7 Å². The highest BCUT2D eigenvalue weighted by atomic mass is 16.5. The van der Waals surface area contributed by atoms with E-state index in [-0.39, 0.29) is 11.3 Å². The molecule has 0 bridgehead atoms. The number of rotatable bonds is 2. The molecule has 84 valence electrons. The van der Waals surface area contributed by atoms with E-state index in [0.29, 0.717) is 0 Å². The summed E-state index contributed by atoms with van der Waals surface area (Å²) < 4.78 is 4.64. The fourth-order valence-corrected chi connectivity index (χ4v) is 0.992. The van der Waals surface area contributed by atoms with Crippen LogP contribution in [0.25, 0.3) is 0 Å². The Labute approximate surface area is 91.0 Å². The molecule has 4 heteroatoms. The molecule has 0 aliphatic rings. The third kappa shape index (κ3) is 3.70. The second-order valence-electron chi connectivity index (χ2n) is 4.86. The van der Waals surface area contributed by atoms with E-state index in [9.17, 15) is 4.79 Å². The van der Waals surface area contributed by atoms with Crippen LogP contribution < -0.4 is 0 Å². The van der Waals surface area contributed by atoms with Crippen LogP contribution >= 0.6 is 0 Å². The topological polar surface area (TPSA) is 62.5 Å². The van der Waals surface area contributed by atoms with Gasteiger partial charge in [-0.2, -0.15) is 5.26 Å². The average Bonchev–Trinajstić information content (AvgIpc) is 2.10. The third-order valence-electron chi connectivity index (χ3n) is 1.84. The Kier molecular flexibility index (Phi) is 4.03. The number of nitriles is 1. The molecule has 0 saturated heterocycles. The zero-order valence-corrected chi connectivity index (χ0v) is 10.2. The van der Waals surface area contributed by atoms with Crippen LogP contribution in [0.15, 0.2) is 4.99 Å². The molecule has 0 saturated carbocycles. The van der Waals surface area contributed by atoms with Gasteiger partial charge in [0.15, 0.2) is 0 Å². The molecule has 0 rings (SSSR count). The monoisotopic (exact) mass is 210 g/mol. The minimum Gasteiger partial charge on any atom is -0.468 e. The number of aliphatic imine (C=N–C) groups is 1. The first-order chi connectivity index (χ1) is 6.65. The molecule has 0 aromatic rings. The summed E-state index contributed by atoms with van der Waals surface area (Å²) in [6, 6.07) is 1.96. The maximum Gasteiger partial charge on any atom is 0.318 e. The molecule has 0 aliphatic carbocycles. The zero-order chi connectivity index (χ0) is 12.3. The Bertz CT molecular complexity index is 316. The highest BCUT2D eigenvalue weighted by molar-refractivity contribution is 6.14. The number of nitrogens with zero attached hydrogens (tertiary/aromatic N) is 2. The number of hydrogen-bond acceptors (Lipinski definition) is 4. The molecule has 15 heavy (non-hydrogen) atoms. The van der Waals surface area contributed by atoms with Crippen LogP contribution in [-0.2, 0) is 9.53 Å². The van der Waals surface area contributed by atoms with Gasteiger partial charge in [-0.25, -0.2) is 0 Å². The Balaban J connectivity index is 5.26. The number of carbonyl (C=O) groups excluding carboxylic acids is 1. The molecule has 0 amide bonds. The lowest BCUT2D eigenvalue weighted by Crippen LogP contribution is -2.35. The van der Waals surface area contributed by atoms with Crippen molar-refractivity contribution in [1.82, 2.24) is 0 Å². The fraction of sp³-hybridized carbons (Fsp3) is 0.727. The zero-order valence-electron chi connectivity index (χ0n) is 10.2. The first kappa shape index (κ1) is 13.6. The minimum atomic E-state index is -0.989. The van der Waals surface area contributed by atoms with E-state index >= 15 is 0 Å². The number of ether oxygens (including phenoxy) is 1. The summed E-state index contributed by atoms with van der Waals surface area (Å²) in [5.74, 6) is -0.452. The quantitative estimate of drug-likeness (QED) is 0.517. The van der Waals surface area contributed by atoms with Gasteiger partial charge >= 0.3 is 5.97 Å². The molecule has 0 N–H and O–H groups in total. The lowest BCUT2D eigenvalue weighted by Gasteiger charge is -2.22. The lowest BCUT2D eigenvalue weighted by atomic mass is 9.87. The number of esters is 1. The van der Waals surface area contributed by atoms with Crippen LogP contribution in [0, 0.1) is 16.7 Å². The van der Waals surface area contributed by atoms with Crippen molar-refractivity contribution in [3.8, 4) is 6.07 Å². The second kappa shape index (κ2) is 4.43. The van der Waals surface area contributed by atoms with Crippen molar-refractivity contribution in [2.45, 2.75) is 40.2 Å². The fourth-order valence-electron chi connectivity index (χ4n) is 0.992. The van der Waals surface area contributed by atoms with E-state index in [1.54, 1.807) is 13.8 Å². The highest BCUT2D eigenvalue weighted by Crippen LogP contribution is 2.22. The van der Waals surface area contributed by atoms with Crippen LogP contribution in [0.3, 0.4) is 0 Å². The summed E-state index contributed by atoms with van der Waals surface area (Å²) in [6.45, 7) is 8.88. The van der Waals surface area contributed by atoms with Crippen molar-refractivity contribution in [2.75, 3.05) is 7.11 Å². The Morgan fingerprint density at radius 3 is 2.00 bits per heavy atom. The smallest absolute Gasteiger partial charge is 0.318 e. The first-order valence-electron chi connectivity index (χ1n) is 4.74. The van der Waals surface area contributed by atoms with Crippen molar-refractivity contribution in [2.24, 2.45) is 10.4 Å². The van der Waals surface area contributed by atoms with E-state index in [2.05, 4.69) is 9.73 Å². The standard InChI is InChI=1S/C11H18N2O2/c1-10(2,3)13-8(7-12)11(4,5)9(14)15-6/h1-6H3/b13-8-. The van der Waals surface area contributed by atoms with Gasteiger partial charge in [-0.3, -0.25) is 9.79 Å². The number of carbonyl (C=O) groups is 1. The minimum absolute atomic E-state index is 0.196. The summed E-state index contributed by atoms with van der Waals surface area (Å²) in [6.07, 6.45) is 0. The highest BCUT2D eigenvalue weighted by Gasteiger charge is 2.36. The van der Waals surface area contributed by atoms with E-state index in [1.807, 2.05) is 26.8 Å². The van der Waals surface area contributed by atoms with Gasteiger partial charge in [0, 0.05) is 0 Å². The molecular formula is C11H18N2O2. The third-order valence-corrected chi connectivity index (χ3v) is 1.84. The second-order valence-corrected chi connectivity index (χ2v) is 4.86. The van der Waals surface area contributed by atoms with Gasteiger partial charge in [-0.05, 0) is 34.6 Å². The van der Waals surface area contributed by atoms with Gasteiger partial charge in [0.2, 0.25) is 0 Å². The van der Waals surface area contributed by atoms with Crippen LogP contribution in [-0.4, -0.2) is 24.3 Å². The molecule has 0 radical (unpaired) electrons. The lowest BCUT2D eigenvalue weighted by molar-refractivity contribution is -0.146. The summed E-state index contributed by atoms with van der Waals surface area (Å²) in [7, 11) is 1.30. The molecule has 0 fully saturated rings. The molecule has 0 aromatic carbocycles. The van der Waals surface area contributed by atoms with E-state index < -0.39 is 11.4 Å². The Morgan fingerprint density at radius 2 is 1.73 bits per heavy atom. The molecule has 0 aliphatic heterocycles. The maximum atomic E-state index is 11.5. The van der Waals surface area contributed by atoms with Gasteiger partial charge in [-0.1, -0.05) is 0 Å². The van der Waals surface area contributed by atoms with Gasteiger partial charge in [0.05, 0.1) is 12.6 Å². The number of methoxy groups -OCH3 is 1. The molecule has 0 atom stereocenters. The first-order valence-corrected chi connectivity index (χ1v) is 4.74. The summed E-state index contributed by atoms with van der Waals surface area (Å²) in [5.41, 5.74) is -1.17. The van der Waals surface area contributed by atoms with Crippen LogP contribution in [0.1, 0.15) is 34.6 Å². The van der Waals surface area contributed by atoms with Crippen LogP contribution in [0.4, 0.5) is 0 Å². The predicted octanol–water partition coefficient (Wildman–Crippen LogP) is 1.95. The SMILES string of the molecule is COC(=O)C(C)(C)/C(C#N)=N\C(C)(C)C. The molecule has 0 unspecified atom stereocenters. The van der Waals surface area contributed by atoms with E-state index in [0.717, 1.165) is 0 Å². The van der Waals surface area contributed by atoms with Gasteiger partial charge in [-0.15, -0.1) is 0 Å². The molecular weight excluding hydrogens is 192 g/mol. The van der Waals surface area contributed by atoms with Crippen LogP contribution in [0.5, 0.6) is 0 Å². The van der Waals surface area contributed by atoms with Crippen molar-refractivity contribution in [3.05, 3.63) is 0 Å². The molecule has 0 aromatic heterocycles. The van der Waals surface area contributed by atoms with E-state index in [4.69, 9.17) is 5.26 Å². The summed E-state index contributed by atoms with van der Waals surface area (Å²) >= 11 is 0. The maximum absolute atomic E-state index is 11.5. The van der Waals surface area contributed by atoms with Crippen molar-refractivity contribution in [1.29, 1.82) is 5.26 Å². The predicted molar refractivity (Wildman–Crippen MR) is 58.6 cm³/mol. The van der Waals surface area contributed by atoms with Crippen molar-refractivity contribution in [3.63, 3.8) is 0 Å².